The number of fused-ring (bicyclic) bond motifs is 1. The predicted molar refractivity (Wildman–Crippen MR) is 131 cm³/mol. The highest BCUT2D eigenvalue weighted by Gasteiger charge is 2.55. The van der Waals surface area contributed by atoms with E-state index in [4.69, 9.17) is 4.74 Å². The molecule has 0 amide bonds. The summed E-state index contributed by atoms with van der Waals surface area (Å²) in [5.41, 5.74) is -3.30. The van der Waals surface area contributed by atoms with Crippen molar-refractivity contribution in [1.29, 1.82) is 0 Å². The molecule has 194 valence electrons. The van der Waals surface area contributed by atoms with Crippen molar-refractivity contribution in [1.82, 2.24) is 9.78 Å². The van der Waals surface area contributed by atoms with Crippen LogP contribution in [-0.4, -0.2) is 40.0 Å². The quantitative estimate of drug-likeness (QED) is 0.220. The largest absolute Gasteiger partial charge is 0.493 e. The minimum absolute atomic E-state index is 0.148. The highest BCUT2D eigenvalue weighted by atomic mass is 19.4. The van der Waals surface area contributed by atoms with Crippen LogP contribution in [0.5, 0.6) is 5.75 Å². The molecule has 1 atom stereocenters. The van der Waals surface area contributed by atoms with Gasteiger partial charge in [0.1, 0.15) is 5.82 Å². The van der Waals surface area contributed by atoms with Crippen LogP contribution in [0.1, 0.15) is 25.8 Å². The van der Waals surface area contributed by atoms with Crippen molar-refractivity contribution in [3.8, 4) is 11.4 Å². The van der Waals surface area contributed by atoms with Gasteiger partial charge in [-0.3, -0.25) is 4.99 Å². The highest BCUT2D eigenvalue weighted by molar-refractivity contribution is 5.93. The number of methoxy groups -OCH3 is 1. The number of benzene rings is 3. The zero-order valence-corrected chi connectivity index (χ0v) is 20.2. The number of para-hydroxylation sites is 1. The third-order valence-corrected chi connectivity index (χ3v) is 6.18. The molecule has 5 nitrogen and oxygen atoms in total. The molecule has 0 aliphatic carbocycles. The van der Waals surface area contributed by atoms with E-state index in [9.17, 15) is 27.1 Å². The topological polar surface area (TPSA) is 59.6 Å². The van der Waals surface area contributed by atoms with Crippen LogP contribution in [0.2, 0.25) is 0 Å². The molecule has 0 saturated carbocycles. The maximum atomic E-state index is 14.2. The van der Waals surface area contributed by atoms with Crippen LogP contribution in [0.15, 0.2) is 71.9 Å². The second-order valence-electron chi connectivity index (χ2n) is 9.30. The van der Waals surface area contributed by atoms with E-state index in [1.165, 1.54) is 74.3 Å². The van der Waals surface area contributed by atoms with Crippen molar-refractivity contribution in [2.24, 2.45) is 4.99 Å². The Bertz CT molecular complexity index is 1440. The molecule has 1 N–H and O–H groups in total. The maximum Gasteiger partial charge on any atom is 0.422 e. The lowest BCUT2D eigenvalue weighted by molar-refractivity contribution is -0.234. The average Bonchev–Trinajstić information content (AvgIpc) is 3.27. The Balaban J connectivity index is 1.73. The van der Waals surface area contributed by atoms with Crippen molar-refractivity contribution in [3.05, 3.63) is 84.1 Å². The smallest absolute Gasteiger partial charge is 0.422 e. The molecule has 3 aromatic carbocycles. The van der Waals surface area contributed by atoms with Crippen molar-refractivity contribution in [3.63, 3.8) is 0 Å². The highest BCUT2D eigenvalue weighted by Crippen LogP contribution is 2.43. The maximum absolute atomic E-state index is 14.2. The normalized spacial score (nSPS) is 14.3. The zero-order chi connectivity index (χ0) is 27.0. The molecule has 0 saturated heterocycles. The first-order valence-corrected chi connectivity index (χ1v) is 11.3. The van der Waals surface area contributed by atoms with Gasteiger partial charge >= 0.3 is 6.18 Å². The minimum atomic E-state index is -5.08. The fraction of sp³-hybridized carbons (Fsp3) is 0.259. The van der Waals surface area contributed by atoms with Crippen LogP contribution in [-0.2, 0) is 5.41 Å². The molecule has 0 radical (unpaired) electrons. The Morgan fingerprint density at radius 1 is 1.00 bits per heavy atom. The van der Waals surface area contributed by atoms with Crippen molar-refractivity contribution >= 4 is 22.8 Å². The van der Waals surface area contributed by atoms with Gasteiger partial charge in [0.25, 0.3) is 0 Å². The summed E-state index contributed by atoms with van der Waals surface area (Å²) in [6, 6.07) is 14.3. The van der Waals surface area contributed by atoms with Gasteiger partial charge in [-0.15, -0.1) is 0 Å². The van der Waals surface area contributed by atoms with Crippen LogP contribution in [0.3, 0.4) is 0 Å². The van der Waals surface area contributed by atoms with E-state index in [0.717, 1.165) is 6.07 Å². The molecule has 0 spiro atoms. The predicted octanol–water partition coefficient (Wildman–Crippen LogP) is 6.68. The van der Waals surface area contributed by atoms with Gasteiger partial charge in [0.05, 0.1) is 30.2 Å². The molecule has 4 aromatic rings. The number of rotatable bonds is 7. The van der Waals surface area contributed by atoms with Crippen LogP contribution in [0, 0.1) is 11.6 Å². The van der Waals surface area contributed by atoms with Gasteiger partial charge in [0.2, 0.25) is 0 Å². The van der Waals surface area contributed by atoms with E-state index < -0.39 is 35.2 Å². The van der Waals surface area contributed by atoms with E-state index >= 15 is 0 Å². The summed E-state index contributed by atoms with van der Waals surface area (Å²) in [5, 5.41) is 15.5. The molecule has 0 fully saturated rings. The summed E-state index contributed by atoms with van der Waals surface area (Å²) in [4.78, 5) is 4.02. The fourth-order valence-corrected chi connectivity index (χ4v) is 4.35. The Hall–Kier alpha value is -3.79. The van der Waals surface area contributed by atoms with Gasteiger partial charge in [-0.05, 0) is 54.3 Å². The second kappa shape index (κ2) is 9.59. The number of hydrogen-bond donors (Lipinski definition) is 1. The molecular formula is C27H24F5N3O2. The van der Waals surface area contributed by atoms with Gasteiger partial charge in [-0.2, -0.15) is 18.3 Å². The first kappa shape index (κ1) is 26.3. The number of aliphatic imine (C=N–C) groups is 1. The number of hydrogen-bond acceptors (Lipinski definition) is 4. The SMILES string of the molecule is COc1c(F)cccc1C(C)(C)CC(O)(C=Nc1cccc2c1cnn2-c1ccc(F)cc1)C(F)(F)F. The third-order valence-electron chi connectivity index (χ3n) is 6.18. The van der Waals surface area contributed by atoms with E-state index in [0.29, 0.717) is 22.8 Å². The Kier molecular flexibility index (Phi) is 6.81. The van der Waals surface area contributed by atoms with Gasteiger partial charge in [0.15, 0.2) is 17.2 Å². The summed E-state index contributed by atoms with van der Waals surface area (Å²) < 4.78 is 76.7. The lowest BCUT2D eigenvalue weighted by Crippen LogP contribution is -2.50. The Morgan fingerprint density at radius 3 is 2.32 bits per heavy atom. The van der Waals surface area contributed by atoms with Gasteiger partial charge in [0, 0.05) is 17.2 Å². The summed E-state index contributed by atoms with van der Waals surface area (Å²) in [7, 11) is 1.22. The van der Waals surface area contributed by atoms with Gasteiger partial charge in [-0.25, -0.2) is 13.5 Å². The van der Waals surface area contributed by atoms with E-state index in [2.05, 4.69) is 10.1 Å². The minimum Gasteiger partial charge on any atom is -0.493 e. The van der Waals surface area contributed by atoms with Crippen LogP contribution in [0.4, 0.5) is 27.6 Å². The Morgan fingerprint density at radius 2 is 1.68 bits per heavy atom. The molecule has 0 aliphatic heterocycles. The fourth-order valence-electron chi connectivity index (χ4n) is 4.35. The molecular weight excluding hydrogens is 493 g/mol. The van der Waals surface area contributed by atoms with Crippen LogP contribution >= 0.6 is 0 Å². The number of alkyl halides is 3. The summed E-state index contributed by atoms with van der Waals surface area (Å²) >= 11 is 0. The van der Waals surface area contributed by atoms with Gasteiger partial charge < -0.3 is 9.84 Å². The van der Waals surface area contributed by atoms with E-state index in [-0.39, 0.29) is 17.0 Å². The number of aromatic nitrogens is 2. The monoisotopic (exact) mass is 517 g/mol. The standard InChI is InChI=1S/C27H24F5N3O2/c1-25(2,20-6-4-7-21(29)24(20)37-3)15-26(36,27(30,31)32)16-33-22-8-5-9-23-19(22)14-34-35(23)18-12-10-17(28)11-13-18/h4-14,16,36H,15H2,1-3H3. The van der Waals surface area contributed by atoms with Crippen molar-refractivity contribution in [2.45, 2.75) is 37.5 Å². The van der Waals surface area contributed by atoms with Crippen LogP contribution < -0.4 is 4.74 Å². The third kappa shape index (κ3) is 5.06. The molecule has 4 rings (SSSR count). The lowest BCUT2D eigenvalue weighted by Gasteiger charge is -2.36. The summed E-state index contributed by atoms with van der Waals surface area (Å²) in [6.45, 7) is 2.92. The zero-order valence-electron chi connectivity index (χ0n) is 20.2. The van der Waals surface area contributed by atoms with Crippen LogP contribution in [0.25, 0.3) is 16.6 Å². The Labute approximate surface area is 209 Å². The molecule has 0 bridgehead atoms. The molecule has 0 aliphatic rings. The summed E-state index contributed by atoms with van der Waals surface area (Å²) in [5.74, 6) is -1.33. The molecule has 1 aromatic heterocycles. The van der Waals surface area contributed by atoms with Crippen molar-refractivity contribution in [2.75, 3.05) is 7.11 Å². The molecule has 37 heavy (non-hydrogen) atoms. The number of aliphatic hydroxyl groups is 1. The van der Waals surface area contributed by atoms with Crippen molar-refractivity contribution < 1.29 is 31.8 Å². The number of nitrogens with zero attached hydrogens (tertiary/aromatic N) is 3. The average molecular weight is 517 g/mol. The molecule has 1 unspecified atom stereocenters. The number of halogens is 5. The molecule has 10 heteroatoms. The first-order chi connectivity index (χ1) is 17.4. The first-order valence-electron chi connectivity index (χ1n) is 11.3. The summed E-state index contributed by atoms with van der Waals surface area (Å²) in [6.07, 6.45) is -4.04. The number of ether oxygens (including phenoxy) is 1. The molecule has 1 heterocycles. The van der Waals surface area contributed by atoms with E-state index in [1.54, 1.807) is 12.1 Å². The lowest BCUT2D eigenvalue weighted by atomic mass is 9.74. The second-order valence-corrected chi connectivity index (χ2v) is 9.30. The van der Waals surface area contributed by atoms with Gasteiger partial charge in [-0.1, -0.05) is 32.0 Å². The van der Waals surface area contributed by atoms with E-state index in [1.807, 2.05) is 0 Å².